The summed E-state index contributed by atoms with van der Waals surface area (Å²) >= 11 is 5.12. The van der Waals surface area contributed by atoms with Gasteiger partial charge in [-0.25, -0.2) is 4.98 Å². The number of thiocarbonyl (C=S) groups is 1. The normalized spacial score (nSPS) is 16.3. The molecule has 98 valence electrons. The van der Waals surface area contributed by atoms with Gasteiger partial charge in [0.15, 0.2) is 0 Å². The zero-order chi connectivity index (χ0) is 13.1. The number of pyridine rings is 1. The molecule has 3 nitrogen and oxygen atoms in total. The maximum atomic E-state index is 5.80. The molecule has 2 rings (SSSR count). The van der Waals surface area contributed by atoms with Crippen molar-refractivity contribution in [3.05, 3.63) is 23.4 Å². The van der Waals surface area contributed by atoms with Crippen molar-refractivity contribution in [3.8, 4) is 0 Å². The molecule has 1 unspecified atom stereocenters. The molecule has 1 aliphatic rings. The molecule has 0 amide bonds. The van der Waals surface area contributed by atoms with Gasteiger partial charge in [-0.3, -0.25) is 0 Å². The van der Waals surface area contributed by atoms with E-state index in [-0.39, 0.29) is 0 Å². The Morgan fingerprint density at radius 1 is 1.61 bits per heavy atom. The number of rotatable bonds is 6. The smallest absolute Gasteiger partial charge is 0.136 e. The minimum absolute atomic E-state index is 0.421. The molecule has 0 aromatic carbocycles. The van der Waals surface area contributed by atoms with Gasteiger partial charge in [0, 0.05) is 12.2 Å². The first-order valence-electron chi connectivity index (χ1n) is 6.63. The first kappa shape index (κ1) is 13.3. The Bertz CT molecular complexity index is 441. The number of aryl methyl sites for hydroxylation is 1. The fraction of sp³-hybridized carbons (Fsp3) is 0.571. The van der Waals surface area contributed by atoms with Crippen molar-refractivity contribution in [2.45, 2.75) is 45.6 Å². The first-order chi connectivity index (χ1) is 8.61. The van der Waals surface area contributed by atoms with Crippen molar-refractivity contribution in [3.63, 3.8) is 0 Å². The van der Waals surface area contributed by atoms with Gasteiger partial charge in [0.2, 0.25) is 0 Å². The van der Waals surface area contributed by atoms with Crippen LogP contribution in [0.4, 0.5) is 5.82 Å². The van der Waals surface area contributed by atoms with Gasteiger partial charge in [-0.05, 0) is 37.3 Å². The standard InChI is InChI=1S/C14H21N3S/c1-3-11(8-10-4-5-10)17-14-12(13(15)18)9(2)6-7-16-14/h6-7,10-11H,3-5,8H2,1-2H3,(H2,15,18)(H,16,17). The second-order valence-electron chi connectivity index (χ2n) is 5.14. The van der Waals surface area contributed by atoms with Crippen LogP contribution in [-0.4, -0.2) is 16.0 Å². The summed E-state index contributed by atoms with van der Waals surface area (Å²) in [6.07, 6.45) is 6.89. The Kier molecular flexibility index (Phi) is 4.17. The third-order valence-corrected chi connectivity index (χ3v) is 3.76. The minimum atomic E-state index is 0.421. The van der Waals surface area contributed by atoms with Crippen LogP contribution in [0.1, 0.15) is 43.7 Å². The number of hydrogen-bond acceptors (Lipinski definition) is 3. The molecule has 1 aliphatic carbocycles. The molecular formula is C14H21N3S. The van der Waals surface area contributed by atoms with Crippen LogP contribution in [0, 0.1) is 12.8 Å². The number of aromatic nitrogens is 1. The Hall–Kier alpha value is -1.16. The highest BCUT2D eigenvalue weighted by molar-refractivity contribution is 7.80. The molecule has 1 aromatic rings. The molecule has 0 radical (unpaired) electrons. The maximum Gasteiger partial charge on any atom is 0.136 e. The molecule has 0 bridgehead atoms. The lowest BCUT2D eigenvalue weighted by Gasteiger charge is -2.20. The van der Waals surface area contributed by atoms with E-state index in [9.17, 15) is 0 Å². The van der Waals surface area contributed by atoms with E-state index >= 15 is 0 Å². The van der Waals surface area contributed by atoms with Crippen molar-refractivity contribution in [1.29, 1.82) is 0 Å². The minimum Gasteiger partial charge on any atom is -0.389 e. The summed E-state index contributed by atoms with van der Waals surface area (Å²) in [6.45, 7) is 4.22. The van der Waals surface area contributed by atoms with E-state index in [2.05, 4.69) is 17.2 Å². The molecule has 1 heterocycles. The van der Waals surface area contributed by atoms with Crippen molar-refractivity contribution >= 4 is 23.0 Å². The molecular weight excluding hydrogens is 242 g/mol. The number of hydrogen-bond donors (Lipinski definition) is 2. The van der Waals surface area contributed by atoms with Gasteiger partial charge in [-0.15, -0.1) is 0 Å². The predicted octanol–water partition coefficient (Wildman–Crippen LogP) is 3.01. The maximum absolute atomic E-state index is 5.80. The van der Waals surface area contributed by atoms with Gasteiger partial charge >= 0.3 is 0 Å². The Morgan fingerprint density at radius 2 is 2.33 bits per heavy atom. The number of nitrogens with one attached hydrogen (secondary N) is 1. The van der Waals surface area contributed by atoms with E-state index in [0.29, 0.717) is 11.0 Å². The van der Waals surface area contributed by atoms with Crippen molar-refractivity contribution < 1.29 is 0 Å². The van der Waals surface area contributed by atoms with E-state index in [0.717, 1.165) is 29.3 Å². The Morgan fingerprint density at radius 3 is 2.89 bits per heavy atom. The van der Waals surface area contributed by atoms with Crippen molar-refractivity contribution in [2.24, 2.45) is 11.7 Å². The molecule has 3 N–H and O–H groups in total. The SMILES string of the molecule is CCC(CC1CC1)Nc1nccc(C)c1C(N)=S. The molecule has 0 spiro atoms. The van der Waals surface area contributed by atoms with Crippen molar-refractivity contribution in [1.82, 2.24) is 4.98 Å². The average Bonchev–Trinajstić information content (AvgIpc) is 3.11. The molecule has 1 saturated carbocycles. The number of anilines is 1. The zero-order valence-corrected chi connectivity index (χ0v) is 11.9. The lowest BCUT2D eigenvalue weighted by molar-refractivity contribution is 0.585. The van der Waals surface area contributed by atoms with Crippen LogP contribution >= 0.6 is 12.2 Å². The second-order valence-corrected chi connectivity index (χ2v) is 5.58. The second kappa shape index (κ2) is 5.65. The fourth-order valence-corrected chi connectivity index (χ4v) is 2.51. The summed E-state index contributed by atoms with van der Waals surface area (Å²) in [6, 6.07) is 2.42. The van der Waals surface area contributed by atoms with E-state index in [1.165, 1.54) is 19.3 Å². The molecule has 4 heteroatoms. The van der Waals surface area contributed by atoms with Gasteiger partial charge in [-0.1, -0.05) is 32.0 Å². The number of nitrogens with two attached hydrogens (primary N) is 1. The van der Waals surface area contributed by atoms with E-state index in [4.69, 9.17) is 18.0 Å². The molecule has 0 saturated heterocycles. The third-order valence-electron chi connectivity index (χ3n) is 3.55. The largest absolute Gasteiger partial charge is 0.389 e. The quantitative estimate of drug-likeness (QED) is 0.775. The van der Waals surface area contributed by atoms with Crippen LogP contribution in [0.15, 0.2) is 12.3 Å². The first-order valence-corrected chi connectivity index (χ1v) is 7.04. The third kappa shape index (κ3) is 3.19. The fourth-order valence-electron chi connectivity index (χ4n) is 2.26. The monoisotopic (exact) mass is 263 g/mol. The van der Waals surface area contributed by atoms with E-state index in [1.54, 1.807) is 0 Å². The topological polar surface area (TPSA) is 50.9 Å². The van der Waals surface area contributed by atoms with Gasteiger partial charge < -0.3 is 11.1 Å². The van der Waals surface area contributed by atoms with Crippen molar-refractivity contribution in [2.75, 3.05) is 5.32 Å². The summed E-state index contributed by atoms with van der Waals surface area (Å²) in [5.74, 6) is 1.75. The van der Waals surface area contributed by atoms with Crippen LogP contribution < -0.4 is 11.1 Å². The predicted molar refractivity (Wildman–Crippen MR) is 79.9 cm³/mol. The lowest BCUT2D eigenvalue weighted by atomic mass is 10.1. The van der Waals surface area contributed by atoms with Crippen LogP contribution in [0.3, 0.4) is 0 Å². The highest BCUT2D eigenvalue weighted by Gasteiger charge is 2.25. The summed E-state index contributed by atoms with van der Waals surface area (Å²) in [7, 11) is 0. The average molecular weight is 263 g/mol. The highest BCUT2D eigenvalue weighted by Crippen LogP contribution is 2.35. The summed E-state index contributed by atoms with van der Waals surface area (Å²) in [4.78, 5) is 4.82. The molecule has 0 aliphatic heterocycles. The van der Waals surface area contributed by atoms with Gasteiger partial charge in [-0.2, -0.15) is 0 Å². The van der Waals surface area contributed by atoms with Crippen LogP contribution in [0.5, 0.6) is 0 Å². The molecule has 1 fully saturated rings. The van der Waals surface area contributed by atoms with Gasteiger partial charge in [0.05, 0.1) is 5.56 Å². The lowest BCUT2D eigenvalue weighted by Crippen LogP contribution is -2.23. The van der Waals surface area contributed by atoms with E-state index < -0.39 is 0 Å². The Balaban J connectivity index is 2.15. The molecule has 1 aromatic heterocycles. The van der Waals surface area contributed by atoms with Crippen LogP contribution in [0.25, 0.3) is 0 Å². The zero-order valence-electron chi connectivity index (χ0n) is 11.1. The highest BCUT2D eigenvalue weighted by atomic mass is 32.1. The van der Waals surface area contributed by atoms with E-state index in [1.807, 2.05) is 19.2 Å². The molecule has 1 atom stereocenters. The number of nitrogens with zero attached hydrogens (tertiary/aromatic N) is 1. The van der Waals surface area contributed by atoms with Crippen LogP contribution in [0.2, 0.25) is 0 Å². The van der Waals surface area contributed by atoms with Gasteiger partial charge in [0.1, 0.15) is 10.8 Å². The summed E-state index contributed by atoms with van der Waals surface area (Å²) < 4.78 is 0. The summed E-state index contributed by atoms with van der Waals surface area (Å²) in [5.41, 5.74) is 7.77. The van der Waals surface area contributed by atoms with Crippen LogP contribution in [-0.2, 0) is 0 Å². The summed E-state index contributed by atoms with van der Waals surface area (Å²) in [5, 5.41) is 3.51. The molecule has 18 heavy (non-hydrogen) atoms. The van der Waals surface area contributed by atoms with Gasteiger partial charge in [0.25, 0.3) is 0 Å². The Labute approximate surface area is 114 Å².